The van der Waals surface area contributed by atoms with Crippen molar-refractivity contribution in [2.24, 2.45) is 17.3 Å². The van der Waals surface area contributed by atoms with Gasteiger partial charge in [-0.3, -0.25) is 4.79 Å². The molecule has 0 spiro atoms. The van der Waals surface area contributed by atoms with Crippen LogP contribution in [0.5, 0.6) is 0 Å². The van der Waals surface area contributed by atoms with Gasteiger partial charge in [-0.15, -0.1) is 0 Å². The molecule has 140 valence electrons. The van der Waals surface area contributed by atoms with E-state index < -0.39 is 0 Å². The largest absolute Gasteiger partial charge is 0.348 e. The Morgan fingerprint density at radius 1 is 1.08 bits per heavy atom. The molecule has 0 N–H and O–H groups in total. The van der Waals surface area contributed by atoms with Crippen LogP contribution >= 0.6 is 15.9 Å². The van der Waals surface area contributed by atoms with Crippen molar-refractivity contribution in [2.45, 2.75) is 80.9 Å². The molecule has 2 saturated heterocycles. The fourth-order valence-corrected chi connectivity index (χ4v) is 8.62. The van der Waals surface area contributed by atoms with Gasteiger partial charge in [0.05, 0.1) is 19.3 Å². The summed E-state index contributed by atoms with van der Waals surface area (Å²) in [6, 6.07) is 0.135. The molecule has 3 atom stereocenters. The maximum atomic E-state index is 13.4. The Labute approximate surface area is 159 Å². The molecule has 5 heteroatoms. The number of carbonyl (C=O) groups excluding carboxylic acids is 1. The van der Waals surface area contributed by atoms with Gasteiger partial charge in [0.25, 0.3) is 0 Å². The van der Waals surface area contributed by atoms with E-state index in [1.54, 1.807) is 0 Å². The topological polar surface area (TPSA) is 38.8 Å². The van der Waals surface area contributed by atoms with E-state index in [1.165, 1.54) is 44.9 Å². The highest BCUT2D eigenvalue weighted by atomic mass is 79.9. The quantitative estimate of drug-likeness (QED) is 0.661. The molecule has 0 aromatic rings. The molecule has 6 aliphatic rings. The van der Waals surface area contributed by atoms with Crippen molar-refractivity contribution in [1.82, 2.24) is 4.90 Å². The Kier molecular flexibility index (Phi) is 4.22. The van der Waals surface area contributed by atoms with Crippen LogP contribution in [0.3, 0.4) is 0 Å². The van der Waals surface area contributed by atoms with Crippen molar-refractivity contribution in [3.05, 3.63) is 0 Å². The number of alkyl halides is 1. The molecule has 6 rings (SSSR count). The van der Waals surface area contributed by atoms with Gasteiger partial charge in [-0.25, -0.2) is 0 Å². The van der Waals surface area contributed by atoms with Crippen LogP contribution in [0.1, 0.15) is 64.2 Å². The zero-order chi connectivity index (χ0) is 17.1. The summed E-state index contributed by atoms with van der Waals surface area (Å²) in [6.07, 6.45) is 11.7. The van der Waals surface area contributed by atoms with Gasteiger partial charge in [0.1, 0.15) is 0 Å². The molecule has 2 heterocycles. The summed E-state index contributed by atoms with van der Waals surface area (Å²) < 4.78 is 11.8. The van der Waals surface area contributed by atoms with E-state index in [2.05, 4.69) is 20.8 Å². The van der Waals surface area contributed by atoms with Crippen LogP contribution in [0.2, 0.25) is 0 Å². The summed E-state index contributed by atoms with van der Waals surface area (Å²) in [5.74, 6) is 2.04. The first kappa shape index (κ1) is 17.0. The summed E-state index contributed by atoms with van der Waals surface area (Å²) in [6.45, 7) is 2.22. The van der Waals surface area contributed by atoms with Gasteiger partial charge in [-0.2, -0.15) is 0 Å². The average Bonchev–Trinajstić information content (AvgIpc) is 3.06. The lowest BCUT2D eigenvalue weighted by atomic mass is 9.48. The number of halogens is 1. The maximum absolute atomic E-state index is 13.4. The first-order chi connectivity index (χ1) is 12.0. The van der Waals surface area contributed by atoms with E-state index in [0.717, 1.165) is 37.6 Å². The highest BCUT2D eigenvalue weighted by Crippen LogP contribution is 2.65. The second-order valence-corrected chi connectivity index (χ2v) is 11.2. The smallest absolute Gasteiger partial charge is 0.223 e. The molecule has 1 amide bonds. The molecule has 0 aromatic heterocycles. The van der Waals surface area contributed by atoms with Crippen LogP contribution < -0.4 is 0 Å². The molecule has 3 unspecified atom stereocenters. The van der Waals surface area contributed by atoms with Crippen molar-refractivity contribution in [3.8, 4) is 0 Å². The number of piperidine rings is 1. The third-order valence-electron chi connectivity index (χ3n) is 7.47. The minimum Gasteiger partial charge on any atom is -0.348 e. The van der Waals surface area contributed by atoms with Crippen molar-refractivity contribution >= 4 is 21.8 Å². The number of ether oxygens (including phenoxy) is 2. The van der Waals surface area contributed by atoms with Crippen molar-refractivity contribution in [2.75, 3.05) is 19.8 Å². The van der Waals surface area contributed by atoms with Crippen molar-refractivity contribution in [3.63, 3.8) is 0 Å². The highest BCUT2D eigenvalue weighted by molar-refractivity contribution is 9.10. The molecule has 4 nitrogen and oxygen atoms in total. The molecule has 25 heavy (non-hydrogen) atoms. The summed E-state index contributed by atoms with van der Waals surface area (Å²) in [5, 5.41) is 0. The molecule has 4 aliphatic carbocycles. The number of likely N-dealkylation sites (tertiary alicyclic amines) is 1. The van der Waals surface area contributed by atoms with Crippen LogP contribution in [0.15, 0.2) is 0 Å². The van der Waals surface area contributed by atoms with Gasteiger partial charge in [0.15, 0.2) is 6.29 Å². The zero-order valence-corrected chi connectivity index (χ0v) is 16.6. The van der Waals surface area contributed by atoms with E-state index in [1.807, 2.05) is 0 Å². The normalized spacial score (nSPS) is 46.8. The number of amides is 1. The number of hydrogen-bond donors (Lipinski definition) is 0. The number of rotatable bonds is 3. The Balaban J connectivity index is 1.32. The minimum absolute atomic E-state index is 0.135. The lowest BCUT2D eigenvalue weighted by Crippen LogP contribution is -2.56. The predicted molar refractivity (Wildman–Crippen MR) is 98.4 cm³/mol. The molecular formula is C20H30BrNO3. The van der Waals surface area contributed by atoms with Gasteiger partial charge in [0.2, 0.25) is 5.91 Å². The fourth-order valence-electron chi connectivity index (χ4n) is 7.11. The second-order valence-electron chi connectivity index (χ2n) is 9.55. The Morgan fingerprint density at radius 2 is 1.80 bits per heavy atom. The van der Waals surface area contributed by atoms with Crippen LogP contribution in [0, 0.1) is 17.3 Å². The molecule has 4 saturated carbocycles. The zero-order valence-electron chi connectivity index (χ0n) is 15.1. The average molecular weight is 412 g/mol. The summed E-state index contributed by atoms with van der Waals surface area (Å²) >= 11 is 4.08. The molecule has 0 aromatic carbocycles. The first-order valence-corrected chi connectivity index (χ1v) is 11.1. The van der Waals surface area contributed by atoms with Gasteiger partial charge in [-0.05, 0) is 75.0 Å². The molecule has 2 aliphatic heterocycles. The van der Waals surface area contributed by atoms with E-state index in [4.69, 9.17) is 9.47 Å². The summed E-state index contributed by atoms with van der Waals surface area (Å²) in [5.41, 5.74) is 0.254. The van der Waals surface area contributed by atoms with Gasteiger partial charge >= 0.3 is 0 Å². The Morgan fingerprint density at radius 3 is 2.48 bits per heavy atom. The fraction of sp³-hybridized carbons (Fsp3) is 0.950. The van der Waals surface area contributed by atoms with E-state index in [-0.39, 0.29) is 17.7 Å². The van der Waals surface area contributed by atoms with Crippen LogP contribution in [-0.2, 0) is 14.3 Å². The van der Waals surface area contributed by atoms with Crippen LogP contribution in [0.4, 0.5) is 0 Å². The lowest BCUT2D eigenvalue weighted by Gasteiger charge is -2.60. The molecular weight excluding hydrogens is 382 g/mol. The van der Waals surface area contributed by atoms with Crippen molar-refractivity contribution in [1.29, 1.82) is 0 Å². The monoisotopic (exact) mass is 411 g/mol. The molecule has 6 fully saturated rings. The SMILES string of the molecule is O=C(CC12CC3CC(CC(Br)(C3)C1)C2)N1CCCCC1C1OCCO1. The number of carbonyl (C=O) groups is 1. The first-order valence-electron chi connectivity index (χ1n) is 10.3. The third-order valence-corrected chi connectivity index (χ3v) is 8.40. The minimum atomic E-state index is -0.192. The molecule has 0 radical (unpaired) electrons. The van der Waals surface area contributed by atoms with E-state index in [0.29, 0.717) is 23.4 Å². The summed E-state index contributed by atoms with van der Waals surface area (Å²) in [7, 11) is 0. The number of hydrogen-bond acceptors (Lipinski definition) is 3. The van der Waals surface area contributed by atoms with Gasteiger partial charge in [-0.1, -0.05) is 15.9 Å². The van der Waals surface area contributed by atoms with Gasteiger partial charge in [0, 0.05) is 17.3 Å². The highest BCUT2D eigenvalue weighted by Gasteiger charge is 2.57. The van der Waals surface area contributed by atoms with Crippen LogP contribution in [0.25, 0.3) is 0 Å². The Hall–Kier alpha value is -0.130. The van der Waals surface area contributed by atoms with Crippen LogP contribution in [-0.4, -0.2) is 47.2 Å². The predicted octanol–water partition coefficient (Wildman–Crippen LogP) is 3.86. The van der Waals surface area contributed by atoms with Gasteiger partial charge < -0.3 is 14.4 Å². The second kappa shape index (κ2) is 6.20. The van der Waals surface area contributed by atoms with E-state index in [9.17, 15) is 4.79 Å². The van der Waals surface area contributed by atoms with E-state index >= 15 is 0 Å². The maximum Gasteiger partial charge on any atom is 0.223 e. The number of nitrogens with zero attached hydrogens (tertiary/aromatic N) is 1. The standard InChI is InChI=1S/C20H30BrNO3/c21-20-10-14-7-15(11-20)9-19(8-14,13-20)12-17(23)22-4-2-1-3-16(22)18-24-5-6-25-18/h14-16,18H,1-13H2. The lowest BCUT2D eigenvalue weighted by molar-refractivity contribution is -0.156. The summed E-state index contributed by atoms with van der Waals surface area (Å²) in [4.78, 5) is 15.5. The third kappa shape index (κ3) is 3.08. The molecule has 4 bridgehead atoms. The van der Waals surface area contributed by atoms with Crippen molar-refractivity contribution < 1.29 is 14.3 Å². The Bertz CT molecular complexity index is 533.